The molecule has 0 radical (unpaired) electrons. The van der Waals surface area contributed by atoms with Crippen molar-refractivity contribution in [1.82, 2.24) is 0 Å². The van der Waals surface area contributed by atoms with Gasteiger partial charge in [-0.3, -0.25) is 0 Å². The quantitative estimate of drug-likeness (QED) is 0.495. The zero-order valence-electron chi connectivity index (χ0n) is 8.08. The molecule has 2 saturated heterocycles. The summed E-state index contributed by atoms with van der Waals surface area (Å²) in [5.41, 5.74) is 0. The van der Waals surface area contributed by atoms with E-state index in [1.54, 1.807) is 6.26 Å². The average molecular weight is 198 g/mol. The maximum atomic E-state index is 5.13. The van der Waals surface area contributed by atoms with Crippen LogP contribution < -0.4 is 0 Å². The summed E-state index contributed by atoms with van der Waals surface area (Å²) in [7, 11) is 0. The van der Waals surface area contributed by atoms with Crippen molar-refractivity contribution in [1.29, 1.82) is 0 Å². The van der Waals surface area contributed by atoms with Crippen LogP contribution in [0.3, 0.4) is 0 Å². The van der Waals surface area contributed by atoms with Gasteiger partial charge in [0, 0.05) is 10.5 Å². The molecule has 74 valence electrons. The topological polar surface area (TPSA) is 9.23 Å². The Morgan fingerprint density at radius 1 is 1.46 bits per heavy atom. The van der Waals surface area contributed by atoms with E-state index in [9.17, 15) is 0 Å². The van der Waals surface area contributed by atoms with Gasteiger partial charge < -0.3 is 4.74 Å². The highest BCUT2D eigenvalue weighted by Gasteiger charge is 2.39. The fourth-order valence-electron chi connectivity index (χ4n) is 2.56. The van der Waals surface area contributed by atoms with Crippen LogP contribution in [0.25, 0.3) is 0 Å². The molecular weight excluding hydrogens is 180 g/mol. The van der Waals surface area contributed by atoms with Crippen LogP contribution in [0.5, 0.6) is 0 Å². The predicted molar refractivity (Wildman–Crippen MR) is 57.9 cm³/mol. The molecule has 0 aliphatic carbocycles. The summed E-state index contributed by atoms with van der Waals surface area (Å²) in [5, 5.41) is 2.00. The van der Waals surface area contributed by atoms with Crippen LogP contribution >= 0.6 is 11.8 Å². The Hall–Kier alpha value is -0.110. The molecule has 0 saturated carbocycles. The monoisotopic (exact) mass is 198 g/mol. The van der Waals surface area contributed by atoms with Crippen LogP contribution in [0.15, 0.2) is 12.8 Å². The van der Waals surface area contributed by atoms with Gasteiger partial charge in [0.25, 0.3) is 0 Å². The second-order valence-corrected chi connectivity index (χ2v) is 5.59. The number of rotatable bonds is 5. The molecule has 2 aliphatic rings. The lowest BCUT2D eigenvalue weighted by Crippen LogP contribution is -2.15. The van der Waals surface area contributed by atoms with Gasteiger partial charge in [-0.15, -0.1) is 0 Å². The highest BCUT2D eigenvalue weighted by atomic mass is 32.2. The second-order valence-electron chi connectivity index (χ2n) is 4.05. The second kappa shape index (κ2) is 4.41. The lowest BCUT2D eigenvalue weighted by Gasteiger charge is -2.19. The van der Waals surface area contributed by atoms with E-state index >= 15 is 0 Å². The minimum Gasteiger partial charge on any atom is -0.502 e. The van der Waals surface area contributed by atoms with Gasteiger partial charge in [0.2, 0.25) is 0 Å². The third-order valence-corrected chi connectivity index (χ3v) is 4.97. The number of fused-ring (bicyclic) bond motifs is 2. The molecule has 0 spiro atoms. The molecule has 0 aromatic carbocycles. The first kappa shape index (κ1) is 9.45. The van der Waals surface area contributed by atoms with Crippen LogP contribution in [0.2, 0.25) is 0 Å². The molecule has 1 nitrogen and oxygen atoms in total. The van der Waals surface area contributed by atoms with E-state index in [1.165, 1.54) is 32.1 Å². The molecular formula is C11H18OS. The van der Waals surface area contributed by atoms with Crippen molar-refractivity contribution >= 4 is 11.8 Å². The minimum atomic E-state index is 0.863. The Morgan fingerprint density at radius 3 is 3.00 bits per heavy atom. The lowest BCUT2D eigenvalue weighted by molar-refractivity contribution is 0.229. The Balaban J connectivity index is 1.63. The zero-order chi connectivity index (χ0) is 9.10. The normalized spacial score (nSPS) is 36.5. The van der Waals surface area contributed by atoms with Crippen LogP contribution in [0.4, 0.5) is 0 Å². The van der Waals surface area contributed by atoms with Gasteiger partial charge in [0.1, 0.15) is 0 Å². The summed E-state index contributed by atoms with van der Waals surface area (Å²) < 4.78 is 5.13. The Labute approximate surface area is 84.9 Å². The molecule has 0 aromatic heterocycles. The molecule has 2 heterocycles. The third-order valence-electron chi connectivity index (χ3n) is 3.19. The van der Waals surface area contributed by atoms with Gasteiger partial charge in [-0.2, -0.15) is 11.8 Å². The summed E-state index contributed by atoms with van der Waals surface area (Å²) >= 11 is 2.24. The van der Waals surface area contributed by atoms with Crippen LogP contribution in [-0.2, 0) is 4.74 Å². The van der Waals surface area contributed by atoms with E-state index in [0.717, 1.165) is 23.0 Å². The molecule has 2 heteroatoms. The summed E-state index contributed by atoms with van der Waals surface area (Å²) in [6, 6.07) is 0. The van der Waals surface area contributed by atoms with Gasteiger partial charge in [0.05, 0.1) is 12.9 Å². The van der Waals surface area contributed by atoms with Crippen molar-refractivity contribution in [2.75, 3.05) is 6.61 Å². The molecule has 0 amide bonds. The summed E-state index contributed by atoms with van der Waals surface area (Å²) in [5.74, 6) is 0.997. The molecule has 2 aliphatic heterocycles. The van der Waals surface area contributed by atoms with E-state index < -0.39 is 0 Å². The van der Waals surface area contributed by atoms with Crippen molar-refractivity contribution in [2.45, 2.75) is 42.6 Å². The molecule has 0 N–H and O–H groups in total. The molecule has 2 bridgehead atoms. The number of ether oxygens (including phenoxy) is 1. The number of hydrogen-bond donors (Lipinski definition) is 0. The zero-order valence-corrected chi connectivity index (χ0v) is 8.89. The Kier molecular flexibility index (Phi) is 3.20. The SMILES string of the molecule is C=COCCCC1CC2CCC1S2. The minimum absolute atomic E-state index is 0.863. The first-order chi connectivity index (χ1) is 6.40. The summed E-state index contributed by atoms with van der Waals surface area (Å²) in [6.45, 7) is 4.40. The lowest BCUT2D eigenvalue weighted by atomic mass is 9.86. The number of hydrogen-bond acceptors (Lipinski definition) is 2. The van der Waals surface area contributed by atoms with E-state index in [2.05, 4.69) is 18.3 Å². The first-order valence-electron chi connectivity index (χ1n) is 5.28. The van der Waals surface area contributed by atoms with E-state index in [0.29, 0.717) is 0 Å². The maximum Gasteiger partial charge on any atom is 0.0873 e. The molecule has 3 atom stereocenters. The average Bonchev–Trinajstić information content (AvgIpc) is 2.73. The largest absolute Gasteiger partial charge is 0.502 e. The summed E-state index contributed by atoms with van der Waals surface area (Å²) in [4.78, 5) is 0. The van der Waals surface area contributed by atoms with Crippen LogP contribution in [0, 0.1) is 5.92 Å². The van der Waals surface area contributed by atoms with E-state index in [1.807, 2.05) is 0 Å². The first-order valence-corrected chi connectivity index (χ1v) is 6.22. The fourth-order valence-corrected chi connectivity index (χ4v) is 4.43. The smallest absolute Gasteiger partial charge is 0.0873 e. The molecule has 2 fully saturated rings. The highest BCUT2D eigenvalue weighted by Crippen LogP contribution is 2.50. The van der Waals surface area contributed by atoms with E-state index in [-0.39, 0.29) is 0 Å². The van der Waals surface area contributed by atoms with E-state index in [4.69, 9.17) is 4.74 Å². The van der Waals surface area contributed by atoms with Crippen LogP contribution in [-0.4, -0.2) is 17.1 Å². The third kappa shape index (κ3) is 2.22. The molecule has 2 rings (SSSR count). The van der Waals surface area contributed by atoms with Gasteiger partial charge in [-0.25, -0.2) is 0 Å². The highest BCUT2D eigenvalue weighted by molar-refractivity contribution is 8.01. The molecule has 13 heavy (non-hydrogen) atoms. The van der Waals surface area contributed by atoms with Gasteiger partial charge in [0.15, 0.2) is 0 Å². The fraction of sp³-hybridized carbons (Fsp3) is 0.818. The molecule has 0 aromatic rings. The van der Waals surface area contributed by atoms with Crippen molar-refractivity contribution in [3.63, 3.8) is 0 Å². The van der Waals surface area contributed by atoms with Crippen LogP contribution in [0.1, 0.15) is 32.1 Å². The Bertz CT molecular complexity index is 181. The number of thioether (sulfide) groups is 1. The van der Waals surface area contributed by atoms with Crippen molar-refractivity contribution < 1.29 is 4.74 Å². The van der Waals surface area contributed by atoms with Crippen molar-refractivity contribution in [2.24, 2.45) is 5.92 Å². The van der Waals surface area contributed by atoms with Crippen molar-refractivity contribution in [3.05, 3.63) is 12.8 Å². The standard InChI is InChI=1S/C11H18OS/c1-2-12-7-3-4-9-8-10-5-6-11(9)13-10/h2,9-11H,1,3-8H2. The van der Waals surface area contributed by atoms with Gasteiger partial charge in [-0.05, 0) is 38.0 Å². The Morgan fingerprint density at radius 2 is 2.38 bits per heavy atom. The van der Waals surface area contributed by atoms with Crippen molar-refractivity contribution in [3.8, 4) is 0 Å². The van der Waals surface area contributed by atoms with Gasteiger partial charge in [-0.1, -0.05) is 6.58 Å². The van der Waals surface area contributed by atoms with Gasteiger partial charge >= 0.3 is 0 Å². The molecule has 3 unspecified atom stereocenters. The summed E-state index contributed by atoms with van der Waals surface area (Å²) in [6.07, 6.45) is 8.55. The predicted octanol–water partition coefficient (Wildman–Crippen LogP) is 3.21. The maximum absolute atomic E-state index is 5.13.